The standard InChI is InChI=1S/C18H23N5O2S2/c1-2-25-17(24)15-11-27-9-8-21(15)12-22-18(26)23(14-5-6-14)16(20-22)13-4-3-7-19-10-13/h3-4,7,10,14-15H,2,5-6,8-9,11-12H2,1H3. The smallest absolute Gasteiger partial charge is 0.324 e. The van der Waals surface area contributed by atoms with Crippen LogP contribution in [-0.2, 0) is 16.2 Å². The highest BCUT2D eigenvalue weighted by molar-refractivity contribution is 7.99. The third-order valence-corrected chi connectivity index (χ3v) is 6.25. The predicted molar refractivity (Wildman–Crippen MR) is 107 cm³/mol. The maximum Gasteiger partial charge on any atom is 0.324 e. The Hall–Kier alpha value is -1.71. The lowest BCUT2D eigenvalue weighted by Crippen LogP contribution is -2.48. The molecule has 7 nitrogen and oxygen atoms in total. The average molecular weight is 406 g/mol. The molecule has 4 rings (SSSR count). The van der Waals surface area contributed by atoms with Crippen molar-refractivity contribution in [3.05, 3.63) is 29.3 Å². The molecule has 2 aromatic rings. The molecular formula is C18H23N5O2S2. The van der Waals surface area contributed by atoms with Gasteiger partial charge in [-0.1, -0.05) is 0 Å². The van der Waals surface area contributed by atoms with Gasteiger partial charge in [-0.2, -0.15) is 16.9 Å². The molecule has 0 bridgehead atoms. The van der Waals surface area contributed by atoms with Crippen LogP contribution in [0.3, 0.4) is 0 Å². The monoisotopic (exact) mass is 405 g/mol. The van der Waals surface area contributed by atoms with Gasteiger partial charge in [-0.25, -0.2) is 4.68 Å². The van der Waals surface area contributed by atoms with Crippen molar-refractivity contribution in [2.75, 3.05) is 24.7 Å². The summed E-state index contributed by atoms with van der Waals surface area (Å²) in [6, 6.07) is 4.08. The fourth-order valence-electron chi connectivity index (χ4n) is 3.30. The van der Waals surface area contributed by atoms with E-state index in [2.05, 4.69) is 14.5 Å². The summed E-state index contributed by atoms with van der Waals surface area (Å²) in [5.74, 6) is 2.42. The van der Waals surface area contributed by atoms with Gasteiger partial charge in [0.1, 0.15) is 6.04 Å². The molecule has 1 aliphatic carbocycles. The molecule has 2 fully saturated rings. The number of esters is 1. The Morgan fingerprint density at radius 1 is 1.44 bits per heavy atom. The number of pyridine rings is 1. The summed E-state index contributed by atoms with van der Waals surface area (Å²) < 4.78 is 9.96. The molecule has 9 heteroatoms. The molecular weight excluding hydrogens is 382 g/mol. The predicted octanol–water partition coefficient (Wildman–Crippen LogP) is 2.75. The molecule has 0 amide bonds. The van der Waals surface area contributed by atoms with E-state index in [1.807, 2.05) is 29.9 Å². The molecule has 144 valence electrons. The SMILES string of the molecule is CCOC(=O)C1CSCCN1Cn1nc(-c2cccnc2)n(C2CC2)c1=S. The molecule has 2 aliphatic rings. The van der Waals surface area contributed by atoms with Crippen molar-refractivity contribution < 1.29 is 9.53 Å². The van der Waals surface area contributed by atoms with Gasteiger partial charge in [0.2, 0.25) is 0 Å². The van der Waals surface area contributed by atoms with Gasteiger partial charge in [0, 0.05) is 42.0 Å². The maximum absolute atomic E-state index is 12.3. The lowest BCUT2D eigenvalue weighted by atomic mass is 10.3. The third kappa shape index (κ3) is 3.95. The number of hydrogen-bond donors (Lipinski definition) is 0. The van der Waals surface area contributed by atoms with Crippen LogP contribution in [0.2, 0.25) is 0 Å². The van der Waals surface area contributed by atoms with E-state index in [0.717, 1.165) is 42.3 Å². The molecule has 2 aromatic heterocycles. The fraction of sp³-hybridized carbons (Fsp3) is 0.556. The van der Waals surface area contributed by atoms with Gasteiger partial charge in [-0.15, -0.1) is 0 Å². The first-order chi connectivity index (χ1) is 13.2. The van der Waals surface area contributed by atoms with Gasteiger partial charge in [-0.3, -0.25) is 19.2 Å². The first-order valence-corrected chi connectivity index (χ1v) is 10.8. The van der Waals surface area contributed by atoms with E-state index in [-0.39, 0.29) is 12.0 Å². The molecule has 0 radical (unpaired) electrons. The van der Waals surface area contributed by atoms with E-state index < -0.39 is 0 Å². The van der Waals surface area contributed by atoms with Crippen LogP contribution >= 0.6 is 24.0 Å². The van der Waals surface area contributed by atoms with Crippen molar-refractivity contribution in [3.63, 3.8) is 0 Å². The number of ether oxygens (including phenoxy) is 1. The number of thioether (sulfide) groups is 1. The Kier molecular flexibility index (Phi) is 5.60. The number of rotatable bonds is 6. The first-order valence-electron chi connectivity index (χ1n) is 9.27. The minimum Gasteiger partial charge on any atom is -0.465 e. The highest BCUT2D eigenvalue weighted by Crippen LogP contribution is 2.38. The molecule has 0 spiro atoms. The lowest BCUT2D eigenvalue weighted by molar-refractivity contribution is -0.149. The van der Waals surface area contributed by atoms with Crippen LogP contribution in [0.5, 0.6) is 0 Å². The summed E-state index contributed by atoms with van der Waals surface area (Å²) in [6.45, 7) is 3.55. The molecule has 3 heterocycles. The minimum absolute atomic E-state index is 0.162. The van der Waals surface area contributed by atoms with Crippen LogP contribution in [0.1, 0.15) is 25.8 Å². The van der Waals surface area contributed by atoms with Crippen molar-refractivity contribution in [2.24, 2.45) is 0 Å². The molecule has 0 N–H and O–H groups in total. The van der Waals surface area contributed by atoms with E-state index >= 15 is 0 Å². The van der Waals surface area contributed by atoms with Crippen LogP contribution in [0, 0.1) is 4.77 Å². The largest absolute Gasteiger partial charge is 0.465 e. The zero-order valence-corrected chi connectivity index (χ0v) is 16.9. The van der Waals surface area contributed by atoms with Crippen LogP contribution in [0.15, 0.2) is 24.5 Å². The van der Waals surface area contributed by atoms with Crippen molar-refractivity contribution in [1.82, 2.24) is 24.2 Å². The summed E-state index contributed by atoms with van der Waals surface area (Å²) in [5.41, 5.74) is 0.963. The van der Waals surface area contributed by atoms with E-state index in [1.165, 1.54) is 0 Å². The molecule has 1 aliphatic heterocycles. The van der Waals surface area contributed by atoms with Gasteiger partial charge in [-0.05, 0) is 44.1 Å². The molecule has 1 atom stereocenters. The van der Waals surface area contributed by atoms with Crippen LogP contribution < -0.4 is 0 Å². The zero-order valence-electron chi connectivity index (χ0n) is 15.3. The van der Waals surface area contributed by atoms with E-state index in [1.54, 1.807) is 18.0 Å². The second-order valence-corrected chi connectivity index (χ2v) is 8.26. The number of aromatic nitrogens is 4. The van der Waals surface area contributed by atoms with Gasteiger partial charge < -0.3 is 4.74 Å². The number of carbonyl (C=O) groups excluding carboxylic acids is 1. The van der Waals surface area contributed by atoms with Gasteiger partial charge >= 0.3 is 5.97 Å². The second-order valence-electron chi connectivity index (χ2n) is 6.75. The fourth-order valence-corrected chi connectivity index (χ4v) is 4.74. The van der Waals surface area contributed by atoms with Crippen molar-refractivity contribution >= 4 is 29.9 Å². The second kappa shape index (κ2) is 8.12. The number of nitrogens with zero attached hydrogens (tertiary/aromatic N) is 5. The van der Waals surface area contributed by atoms with E-state index in [0.29, 0.717) is 24.1 Å². The van der Waals surface area contributed by atoms with Crippen LogP contribution in [-0.4, -0.2) is 60.9 Å². The van der Waals surface area contributed by atoms with E-state index in [9.17, 15) is 4.79 Å². The quantitative estimate of drug-likeness (QED) is 0.541. The molecule has 1 saturated heterocycles. The topological polar surface area (TPSA) is 65.2 Å². The summed E-state index contributed by atoms with van der Waals surface area (Å²) >= 11 is 7.53. The lowest BCUT2D eigenvalue weighted by Gasteiger charge is -2.33. The average Bonchev–Trinajstić information content (AvgIpc) is 3.48. The number of hydrogen-bond acceptors (Lipinski definition) is 7. The van der Waals surface area contributed by atoms with Crippen LogP contribution in [0.25, 0.3) is 11.4 Å². The van der Waals surface area contributed by atoms with Crippen molar-refractivity contribution in [3.8, 4) is 11.4 Å². The normalized spacial score (nSPS) is 20.6. The Morgan fingerprint density at radius 2 is 2.30 bits per heavy atom. The van der Waals surface area contributed by atoms with Gasteiger partial charge in [0.25, 0.3) is 0 Å². The van der Waals surface area contributed by atoms with Crippen LogP contribution in [0.4, 0.5) is 0 Å². The van der Waals surface area contributed by atoms with Gasteiger partial charge in [0.15, 0.2) is 10.6 Å². The molecule has 1 unspecified atom stereocenters. The Morgan fingerprint density at radius 3 is 3.00 bits per heavy atom. The molecule has 1 saturated carbocycles. The third-order valence-electron chi connectivity index (χ3n) is 4.82. The zero-order chi connectivity index (χ0) is 18.8. The Balaban J connectivity index is 1.64. The van der Waals surface area contributed by atoms with Gasteiger partial charge in [0.05, 0.1) is 13.3 Å². The summed E-state index contributed by atoms with van der Waals surface area (Å²) in [4.78, 5) is 18.7. The molecule has 27 heavy (non-hydrogen) atoms. The van der Waals surface area contributed by atoms with Crippen molar-refractivity contribution in [2.45, 2.75) is 38.5 Å². The highest BCUT2D eigenvalue weighted by atomic mass is 32.2. The van der Waals surface area contributed by atoms with Crippen molar-refractivity contribution in [1.29, 1.82) is 0 Å². The minimum atomic E-state index is -0.251. The maximum atomic E-state index is 12.3. The summed E-state index contributed by atoms with van der Waals surface area (Å²) in [7, 11) is 0. The first kappa shape index (κ1) is 18.6. The molecule has 0 aromatic carbocycles. The van der Waals surface area contributed by atoms with E-state index in [4.69, 9.17) is 22.1 Å². The highest BCUT2D eigenvalue weighted by Gasteiger charge is 2.33. The Labute approximate surface area is 167 Å². The number of carbonyl (C=O) groups is 1. The summed E-state index contributed by atoms with van der Waals surface area (Å²) in [5, 5.41) is 4.81. The Bertz CT molecular complexity index is 862. The summed E-state index contributed by atoms with van der Waals surface area (Å²) in [6.07, 6.45) is 5.82.